The van der Waals surface area contributed by atoms with Gasteiger partial charge < -0.3 is 5.11 Å². The molecule has 0 spiro atoms. The fourth-order valence-corrected chi connectivity index (χ4v) is 2.34. The summed E-state index contributed by atoms with van der Waals surface area (Å²) in [6.07, 6.45) is 4.51. The number of carbonyl (C=O) groups excluding carboxylic acids is 2. The molecule has 0 unspecified atom stereocenters. The molecule has 1 N–H and O–H groups in total. The summed E-state index contributed by atoms with van der Waals surface area (Å²) in [4.78, 5) is 36.8. The van der Waals surface area contributed by atoms with Gasteiger partial charge in [0.05, 0.1) is 16.8 Å². The second-order valence-electron chi connectivity index (χ2n) is 4.60. The fraction of sp³-hybridized carbons (Fsp3) is 0.0625. The Morgan fingerprint density at radius 3 is 2.59 bits per heavy atom. The SMILES string of the molecule is CN=C(C1=C(O)C(=O)c2cccnc2C1=O)c1cccnc1. The Morgan fingerprint density at radius 1 is 1.14 bits per heavy atom. The van der Waals surface area contributed by atoms with Gasteiger partial charge in [-0.2, -0.15) is 0 Å². The summed E-state index contributed by atoms with van der Waals surface area (Å²) in [5.74, 6) is -1.78. The number of hydrogen-bond acceptors (Lipinski definition) is 6. The summed E-state index contributed by atoms with van der Waals surface area (Å²) in [6.45, 7) is 0. The summed E-state index contributed by atoms with van der Waals surface area (Å²) in [5, 5.41) is 10.2. The molecule has 0 aromatic carbocycles. The Morgan fingerprint density at radius 2 is 1.91 bits per heavy atom. The number of hydrogen-bond donors (Lipinski definition) is 1. The molecular formula is C16H11N3O3. The Balaban J connectivity index is 2.21. The van der Waals surface area contributed by atoms with Crippen LogP contribution in [0.2, 0.25) is 0 Å². The van der Waals surface area contributed by atoms with Gasteiger partial charge in [0.25, 0.3) is 0 Å². The number of carbonyl (C=O) groups is 2. The molecule has 108 valence electrons. The molecule has 2 aromatic rings. The van der Waals surface area contributed by atoms with Crippen LogP contribution in [-0.4, -0.2) is 39.4 Å². The number of allylic oxidation sites excluding steroid dienone is 2. The molecular weight excluding hydrogens is 282 g/mol. The van der Waals surface area contributed by atoms with Crippen LogP contribution in [0.25, 0.3) is 0 Å². The van der Waals surface area contributed by atoms with E-state index in [1.54, 1.807) is 18.3 Å². The Bertz CT molecular complexity index is 839. The van der Waals surface area contributed by atoms with Crippen molar-refractivity contribution < 1.29 is 14.7 Å². The molecule has 22 heavy (non-hydrogen) atoms. The van der Waals surface area contributed by atoms with Gasteiger partial charge in [0.15, 0.2) is 5.76 Å². The van der Waals surface area contributed by atoms with Gasteiger partial charge in [-0.05, 0) is 24.3 Å². The highest BCUT2D eigenvalue weighted by molar-refractivity contribution is 6.39. The van der Waals surface area contributed by atoms with E-state index in [0.717, 1.165) is 0 Å². The van der Waals surface area contributed by atoms with Crippen molar-refractivity contribution in [3.05, 3.63) is 71.0 Å². The third kappa shape index (κ3) is 2.01. The van der Waals surface area contributed by atoms with Gasteiger partial charge in [0.2, 0.25) is 11.6 Å². The lowest BCUT2D eigenvalue weighted by Gasteiger charge is -2.17. The second-order valence-corrected chi connectivity index (χ2v) is 4.60. The van der Waals surface area contributed by atoms with Crippen LogP contribution in [0.3, 0.4) is 0 Å². The average Bonchev–Trinajstić information content (AvgIpc) is 2.57. The van der Waals surface area contributed by atoms with E-state index in [2.05, 4.69) is 15.0 Å². The fourth-order valence-electron chi connectivity index (χ4n) is 2.34. The predicted molar refractivity (Wildman–Crippen MR) is 79.3 cm³/mol. The number of aliphatic hydroxyl groups excluding tert-OH is 1. The van der Waals surface area contributed by atoms with Crippen LogP contribution in [0.4, 0.5) is 0 Å². The smallest absolute Gasteiger partial charge is 0.230 e. The number of nitrogens with zero attached hydrogens (tertiary/aromatic N) is 3. The van der Waals surface area contributed by atoms with Crippen LogP contribution >= 0.6 is 0 Å². The number of aliphatic imine (C=N–C) groups is 1. The topological polar surface area (TPSA) is 92.5 Å². The van der Waals surface area contributed by atoms with E-state index in [1.165, 1.54) is 31.6 Å². The first-order valence-corrected chi connectivity index (χ1v) is 6.50. The average molecular weight is 293 g/mol. The molecule has 0 atom stereocenters. The van der Waals surface area contributed by atoms with Crippen molar-refractivity contribution in [3.8, 4) is 0 Å². The van der Waals surface area contributed by atoms with E-state index in [1.807, 2.05) is 0 Å². The first-order valence-electron chi connectivity index (χ1n) is 6.50. The van der Waals surface area contributed by atoms with Crippen molar-refractivity contribution in [3.63, 3.8) is 0 Å². The first-order chi connectivity index (χ1) is 10.6. The number of pyridine rings is 2. The molecule has 0 radical (unpaired) electrons. The lowest BCUT2D eigenvalue weighted by molar-refractivity contribution is 0.0931. The van der Waals surface area contributed by atoms with E-state index in [4.69, 9.17) is 0 Å². The summed E-state index contributed by atoms with van der Waals surface area (Å²) >= 11 is 0. The summed E-state index contributed by atoms with van der Waals surface area (Å²) in [7, 11) is 1.48. The Hall–Kier alpha value is -3.15. The maximum atomic E-state index is 12.6. The molecule has 0 amide bonds. The minimum absolute atomic E-state index is 0.0188. The third-order valence-electron chi connectivity index (χ3n) is 3.34. The number of aromatic nitrogens is 2. The third-order valence-corrected chi connectivity index (χ3v) is 3.34. The zero-order valence-corrected chi connectivity index (χ0v) is 11.6. The molecule has 0 aliphatic heterocycles. The summed E-state index contributed by atoms with van der Waals surface area (Å²) in [6, 6.07) is 6.38. The van der Waals surface area contributed by atoms with Gasteiger partial charge in [0, 0.05) is 31.2 Å². The van der Waals surface area contributed by atoms with Gasteiger partial charge in [-0.25, -0.2) is 0 Å². The number of Topliss-reactive ketones (excluding diaryl/α,β-unsaturated/α-hetero) is 2. The standard InChI is InChI=1S/C16H11N3O3/c1-17-12(9-4-2-6-18-8-9)11-15(21)13-10(5-3-7-19-13)14(20)16(11)22/h2-8,22H,1H3. The minimum atomic E-state index is -0.636. The monoisotopic (exact) mass is 293 g/mol. The molecule has 3 rings (SSSR count). The normalized spacial score (nSPS) is 15.0. The molecule has 1 aliphatic carbocycles. The predicted octanol–water partition coefficient (Wildman–Crippen LogP) is 1.79. The van der Waals surface area contributed by atoms with Crippen molar-refractivity contribution in [2.75, 3.05) is 7.05 Å². The highest BCUT2D eigenvalue weighted by Crippen LogP contribution is 2.26. The quantitative estimate of drug-likeness (QED) is 0.852. The number of ketones is 2. The van der Waals surface area contributed by atoms with E-state index in [0.29, 0.717) is 5.56 Å². The van der Waals surface area contributed by atoms with Crippen LogP contribution in [0.1, 0.15) is 26.4 Å². The minimum Gasteiger partial charge on any atom is -0.504 e. The van der Waals surface area contributed by atoms with Gasteiger partial charge >= 0.3 is 0 Å². The molecule has 0 fully saturated rings. The second kappa shape index (κ2) is 5.33. The summed E-state index contributed by atoms with van der Waals surface area (Å²) < 4.78 is 0. The Kier molecular flexibility index (Phi) is 3.34. The molecule has 6 nitrogen and oxygen atoms in total. The zero-order valence-electron chi connectivity index (χ0n) is 11.6. The van der Waals surface area contributed by atoms with Gasteiger partial charge in [-0.1, -0.05) is 0 Å². The molecule has 0 saturated carbocycles. The molecule has 0 saturated heterocycles. The van der Waals surface area contributed by atoms with Crippen LogP contribution < -0.4 is 0 Å². The van der Waals surface area contributed by atoms with E-state index < -0.39 is 17.3 Å². The molecule has 1 aliphatic rings. The van der Waals surface area contributed by atoms with Crippen LogP contribution in [-0.2, 0) is 0 Å². The van der Waals surface area contributed by atoms with E-state index >= 15 is 0 Å². The lowest BCUT2D eigenvalue weighted by atomic mass is 9.87. The Labute approximate surface area is 125 Å². The van der Waals surface area contributed by atoms with Crippen LogP contribution in [0, 0.1) is 0 Å². The van der Waals surface area contributed by atoms with E-state index in [9.17, 15) is 14.7 Å². The zero-order chi connectivity index (χ0) is 15.7. The van der Waals surface area contributed by atoms with Gasteiger partial charge in [-0.15, -0.1) is 0 Å². The van der Waals surface area contributed by atoms with Gasteiger partial charge in [-0.3, -0.25) is 24.5 Å². The van der Waals surface area contributed by atoms with E-state index in [-0.39, 0.29) is 22.5 Å². The first kappa shape index (κ1) is 13.8. The van der Waals surface area contributed by atoms with Crippen molar-refractivity contribution in [1.82, 2.24) is 9.97 Å². The van der Waals surface area contributed by atoms with Crippen molar-refractivity contribution in [2.45, 2.75) is 0 Å². The highest BCUT2D eigenvalue weighted by atomic mass is 16.3. The number of aliphatic hydroxyl groups is 1. The van der Waals surface area contributed by atoms with Crippen molar-refractivity contribution in [2.24, 2.45) is 4.99 Å². The van der Waals surface area contributed by atoms with Gasteiger partial charge in [0.1, 0.15) is 5.69 Å². The van der Waals surface area contributed by atoms with Crippen molar-refractivity contribution >= 4 is 17.3 Å². The summed E-state index contributed by atoms with van der Waals surface area (Å²) in [5.41, 5.74) is 0.708. The maximum absolute atomic E-state index is 12.6. The molecule has 0 bridgehead atoms. The van der Waals surface area contributed by atoms with Crippen LogP contribution in [0.5, 0.6) is 0 Å². The van der Waals surface area contributed by atoms with Crippen LogP contribution in [0.15, 0.2) is 59.2 Å². The highest BCUT2D eigenvalue weighted by Gasteiger charge is 2.36. The number of fused-ring (bicyclic) bond motifs is 1. The number of rotatable bonds is 2. The lowest BCUT2D eigenvalue weighted by Crippen LogP contribution is -2.28. The molecule has 6 heteroatoms. The largest absolute Gasteiger partial charge is 0.504 e. The molecule has 2 heterocycles. The molecule has 2 aromatic heterocycles. The van der Waals surface area contributed by atoms with Crippen molar-refractivity contribution in [1.29, 1.82) is 0 Å². The maximum Gasteiger partial charge on any atom is 0.230 e.